The summed E-state index contributed by atoms with van der Waals surface area (Å²) >= 11 is 0. The molecule has 0 aromatic heterocycles. The molecule has 0 radical (unpaired) electrons. The number of amides is 1. The molecular formula is C18H29ClN2O2. The summed E-state index contributed by atoms with van der Waals surface area (Å²) in [7, 11) is 0. The van der Waals surface area contributed by atoms with Gasteiger partial charge < -0.3 is 15.8 Å². The van der Waals surface area contributed by atoms with Crippen molar-refractivity contribution in [3.63, 3.8) is 0 Å². The molecule has 0 unspecified atom stereocenters. The summed E-state index contributed by atoms with van der Waals surface area (Å²) in [6.07, 6.45) is 5.92. The number of ether oxygens (including phenoxy) is 1. The molecule has 1 aromatic carbocycles. The molecule has 5 heteroatoms. The van der Waals surface area contributed by atoms with Gasteiger partial charge in [0.25, 0.3) is 5.91 Å². The number of nitrogens with one attached hydrogen (secondary N) is 1. The summed E-state index contributed by atoms with van der Waals surface area (Å²) in [4.78, 5) is 12.3. The van der Waals surface area contributed by atoms with Crippen molar-refractivity contribution in [2.24, 2.45) is 11.1 Å². The lowest BCUT2D eigenvalue weighted by Gasteiger charge is -2.29. The van der Waals surface area contributed by atoms with Crippen LogP contribution in [0.15, 0.2) is 24.3 Å². The Hall–Kier alpha value is -1.10. The number of nitrogens with two attached hydrogens (primary N) is 1. The van der Waals surface area contributed by atoms with Crippen LogP contribution in [0.5, 0.6) is 0 Å². The fourth-order valence-electron chi connectivity index (χ4n) is 3.24. The molecule has 130 valence electrons. The van der Waals surface area contributed by atoms with Gasteiger partial charge in [0.05, 0.1) is 0 Å². The fraction of sp³-hybridized carbons (Fsp3) is 0.611. The molecule has 3 N–H and O–H groups in total. The maximum absolute atomic E-state index is 12.3. The molecule has 0 aliphatic heterocycles. The molecule has 0 bridgehead atoms. The zero-order valence-electron chi connectivity index (χ0n) is 14.0. The largest absolute Gasteiger partial charge is 0.382 e. The zero-order valence-corrected chi connectivity index (χ0v) is 14.8. The third-order valence-corrected chi connectivity index (χ3v) is 4.72. The van der Waals surface area contributed by atoms with E-state index >= 15 is 0 Å². The summed E-state index contributed by atoms with van der Waals surface area (Å²) in [5.41, 5.74) is 7.55. The number of halogens is 1. The number of benzene rings is 1. The average Bonchev–Trinajstić information content (AvgIpc) is 3.02. The minimum absolute atomic E-state index is 0. The van der Waals surface area contributed by atoms with Crippen molar-refractivity contribution in [3.05, 3.63) is 35.4 Å². The smallest absolute Gasteiger partial charge is 0.251 e. The van der Waals surface area contributed by atoms with E-state index in [4.69, 9.17) is 10.5 Å². The van der Waals surface area contributed by atoms with Crippen molar-refractivity contribution >= 4 is 18.3 Å². The minimum atomic E-state index is 0. The van der Waals surface area contributed by atoms with Gasteiger partial charge in [-0.1, -0.05) is 25.0 Å². The molecule has 1 aromatic rings. The third-order valence-electron chi connectivity index (χ3n) is 4.72. The fourth-order valence-corrected chi connectivity index (χ4v) is 3.24. The molecule has 1 amide bonds. The van der Waals surface area contributed by atoms with Crippen molar-refractivity contribution in [1.82, 2.24) is 5.32 Å². The second-order valence-corrected chi connectivity index (χ2v) is 6.24. The molecule has 0 saturated heterocycles. The van der Waals surface area contributed by atoms with E-state index in [1.54, 1.807) is 0 Å². The second-order valence-electron chi connectivity index (χ2n) is 6.24. The van der Waals surface area contributed by atoms with Gasteiger partial charge in [-0.25, -0.2) is 0 Å². The highest BCUT2D eigenvalue weighted by Crippen LogP contribution is 2.40. The molecular weight excluding hydrogens is 312 g/mol. The number of carbonyl (C=O) groups excluding carboxylic acids is 1. The first-order chi connectivity index (χ1) is 10.7. The van der Waals surface area contributed by atoms with Crippen LogP contribution in [0, 0.1) is 5.41 Å². The van der Waals surface area contributed by atoms with Crippen LogP contribution in [0.4, 0.5) is 0 Å². The first-order valence-electron chi connectivity index (χ1n) is 8.34. The van der Waals surface area contributed by atoms with Crippen molar-refractivity contribution in [3.8, 4) is 0 Å². The Kier molecular flexibility index (Phi) is 8.59. The molecule has 4 nitrogen and oxygen atoms in total. The van der Waals surface area contributed by atoms with E-state index in [0.29, 0.717) is 12.1 Å². The van der Waals surface area contributed by atoms with E-state index < -0.39 is 0 Å². The van der Waals surface area contributed by atoms with Gasteiger partial charge in [-0.3, -0.25) is 4.79 Å². The average molecular weight is 341 g/mol. The van der Waals surface area contributed by atoms with Crippen molar-refractivity contribution in [1.29, 1.82) is 0 Å². The minimum Gasteiger partial charge on any atom is -0.382 e. The number of rotatable bonds is 8. The van der Waals surface area contributed by atoms with Crippen LogP contribution in [-0.4, -0.2) is 25.7 Å². The lowest BCUT2D eigenvalue weighted by Crippen LogP contribution is -2.36. The van der Waals surface area contributed by atoms with Gasteiger partial charge in [-0.05, 0) is 49.3 Å². The Bertz CT molecular complexity index is 470. The topological polar surface area (TPSA) is 64.3 Å². The predicted octanol–water partition coefficient (Wildman–Crippen LogP) is 3.28. The molecule has 0 heterocycles. The Balaban J connectivity index is 0.00000264. The Morgan fingerprint density at radius 2 is 1.91 bits per heavy atom. The van der Waals surface area contributed by atoms with Crippen LogP contribution < -0.4 is 11.1 Å². The molecule has 1 aliphatic carbocycles. The summed E-state index contributed by atoms with van der Waals surface area (Å²) < 4.78 is 5.51. The van der Waals surface area contributed by atoms with Gasteiger partial charge in [0.15, 0.2) is 0 Å². The number of carbonyl (C=O) groups is 1. The summed E-state index contributed by atoms with van der Waals surface area (Å²) in [5, 5.41) is 3.12. The Labute approximate surface area is 145 Å². The third kappa shape index (κ3) is 5.79. The van der Waals surface area contributed by atoms with Crippen LogP contribution in [-0.2, 0) is 11.3 Å². The van der Waals surface area contributed by atoms with Crippen molar-refractivity contribution < 1.29 is 9.53 Å². The quantitative estimate of drug-likeness (QED) is 0.714. The lowest BCUT2D eigenvalue weighted by molar-refractivity contribution is 0.0863. The maximum atomic E-state index is 12.3. The number of hydrogen-bond acceptors (Lipinski definition) is 3. The first kappa shape index (κ1) is 19.9. The zero-order chi connectivity index (χ0) is 15.8. The summed E-state index contributed by atoms with van der Waals surface area (Å²) in [5.74, 6) is 0.00579. The molecule has 2 rings (SSSR count). The maximum Gasteiger partial charge on any atom is 0.251 e. The number of hydrogen-bond donors (Lipinski definition) is 2. The molecule has 0 spiro atoms. The highest BCUT2D eigenvalue weighted by Gasteiger charge is 2.33. The van der Waals surface area contributed by atoms with Gasteiger partial charge in [-0.2, -0.15) is 0 Å². The van der Waals surface area contributed by atoms with Gasteiger partial charge in [0.1, 0.15) is 0 Å². The van der Waals surface area contributed by atoms with Crippen LogP contribution in [0.2, 0.25) is 0 Å². The van der Waals surface area contributed by atoms with Gasteiger partial charge >= 0.3 is 0 Å². The Morgan fingerprint density at radius 3 is 2.48 bits per heavy atom. The van der Waals surface area contributed by atoms with Crippen LogP contribution in [0.3, 0.4) is 0 Å². The van der Waals surface area contributed by atoms with Gasteiger partial charge in [0, 0.05) is 31.9 Å². The van der Waals surface area contributed by atoms with E-state index in [-0.39, 0.29) is 23.7 Å². The highest BCUT2D eigenvalue weighted by molar-refractivity contribution is 5.94. The monoisotopic (exact) mass is 340 g/mol. The van der Waals surface area contributed by atoms with Gasteiger partial charge in [-0.15, -0.1) is 12.4 Å². The highest BCUT2D eigenvalue weighted by atomic mass is 35.5. The van der Waals surface area contributed by atoms with Crippen LogP contribution >= 0.6 is 12.4 Å². The molecule has 0 atom stereocenters. The predicted molar refractivity (Wildman–Crippen MR) is 95.9 cm³/mol. The lowest BCUT2D eigenvalue weighted by atomic mass is 9.83. The molecule has 1 saturated carbocycles. The molecule has 1 fully saturated rings. The van der Waals surface area contributed by atoms with E-state index in [0.717, 1.165) is 31.7 Å². The van der Waals surface area contributed by atoms with E-state index in [1.807, 2.05) is 31.2 Å². The van der Waals surface area contributed by atoms with E-state index in [2.05, 4.69) is 5.32 Å². The Morgan fingerprint density at radius 1 is 1.26 bits per heavy atom. The van der Waals surface area contributed by atoms with E-state index in [1.165, 1.54) is 25.7 Å². The summed E-state index contributed by atoms with van der Waals surface area (Å²) in [6.45, 7) is 4.82. The first-order valence-corrected chi connectivity index (χ1v) is 8.34. The summed E-state index contributed by atoms with van der Waals surface area (Å²) in [6, 6.07) is 7.52. The normalized spacial score (nSPS) is 15.9. The van der Waals surface area contributed by atoms with Crippen LogP contribution in [0.1, 0.15) is 54.9 Å². The molecule has 23 heavy (non-hydrogen) atoms. The van der Waals surface area contributed by atoms with Crippen LogP contribution in [0.25, 0.3) is 0 Å². The molecule has 1 aliphatic rings. The van der Waals surface area contributed by atoms with Crippen molar-refractivity contribution in [2.75, 3.05) is 19.8 Å². The SMILES string of the molecule is CCOCCC1(CNC(=O)c2ccc(CN)cc2)CCCC1.Cl. The van der Waals surface area contributed by atoms with Crippen molar-refractivity contribution in [2.45, 2.75) is 45.6 Å². The standard InChI is InChI=1S/C18H28N2O2.ClH/c1-2-22-12-11-18(9-3-4-10-18)14-20-17(21)16-7-5-15(13-19)6-8-16;/h5-8H,2-4,9-14,19H2,1H3,(H,20,21);1H. The second kappa shape index (κ2) is 9.91. The van der Waals surface area contributed by atoms with Gasteiger partial charge in [0.2, 0.25) is 0 Å². The van der Waals surface area contributed by atoms with E-state index in [9.17, 15) is 4.79 Å².